The molecule has 139 valence electrons. The van der Waals surface area contributed by atoms with Crippen LogP contribution in [0.1, 0.15) is 74.3 Å². The second kappa shape index (κ2) is 16.9. The van der Waals surface area contributed by atoms with Crippen LogP contribution in [0.25, 0.3) is 0 Å². The van der Waals surface area contributed by atoms with Crippen LogP contribution in [0, 0.1) is 0 Å². The van der Waals surface area contributed by atoms with E-state index in [1.54, 1.807) is 0 Å². The molecule has 1 radical (unpaired) electrons. The predicted molar refractivity (Wildman–Crippen MR) is 109 cm³/mol. The van der Waals surface area contributed by atoms with Gasteiger partial charge in [0, 0.05) is 69.2 Å². The molecule has 0 saturated carbocycles. The van der Waals surface area contributed by atoms with Crippen LogP contribution in [-0.2, 0) is 37.5 Å². The first kappa shape index (κ1) is 32.1. The number of likely N-dealkylation sites (tertiary alicyclic amines) is 1. The van der Waals surface area contributed by atoms with Gasteiger partial charge in [-0.25, -0.2) is 0 Å². The van der Waals surface area contributed by atoms with Crippen LogP contribution in [-0.4, -0.2) is 29.8 Å². The summed E-state index contributed by atoms with van der Waals surface area (Å²) in [4.78, 5) is 13.2. The minimum absolute atomic E-state index is 0. The van der Waals surface area contributed by atoms with Gasteiger partial charge in [0.1, 0.15) is 5.78 Å². The van der Waals surface area contributed by atoms with Crippen LogP contribution < -0.4 is 0 Å². The molecule has 1 heterocycles. The third kappa shape index (κ3) is 12.7. The fourth-order valence-electron chi connectivity index (χ4n) is 2.16. The van der Waals surface area contributed by atoms with E-state index in [-0.39, 0.29) is 55.0 Å². The molecule has 2 rings (SSSR count). The van der Waals surface area contributed by atoms with Crippen molar-refractivity contribution >= 4 is 21.7 Å². The predicted octanol–water partition coefficient (Wildman–Crippen LogP) is 6.54. The number of nitrogens with zero attached hydrogens (tertiary/aromatic N) is 1. The van der Waals surface area contributed by atoms with Gasteiger partial charge in [-0.1, -0.05) is 64.2 Å². The number of ketones is 1. The Hall–Kier alpha value is 0.434. The van der Waals surface area contributed by atoms with E-state index in [4.69, 9.17) is 0 Å². The van der Waals surface area contributed by atoms with Crippen molar-refractivity contribution in [2.75, 3.05) is 13.1 Å². The summed E-state index contributed by atoms with van der Waals surface area (Å²) in [5.41, 5.74) is 1.38. The Morgan fingerprint density at radius 2 is 1.50 bits per heavy atom. The Labute approximate surface area is 185 Å². The van der Waals surface area contributed by atoms with Gasteiger partial charge in [-0.3, -0.25) is 4.79 Å². The number of Topliss-reactive ketones (excluding diaryl/α,β-unsaturated/α-hetero) is 1. The van der Waals surface area contributed by atoms with Crippen molar-refractivity contribution in [2.45, 2.75) is 74.8 Å². The average molecular weight is 477 g/mol. The molecule has 0 aromatic heterocycles. The standard InChI is InChI=1S/C9H11Br.C8H15NO.3CH4.Y/c1-7(2)8-4-3-5-9(10)6-8;1-7(2)9-5-3-8(10)4-6-9;;;;/h3-7H,1-2H3;7H,3-6H2,1-2H3;3*1H4;. The van der Waals surface area contributed by atoms with Crippen LogP contribution in [0.2, 0.25) is 0 Å². The van der Waals surface area contributed by atoms with Gasteiger partial charge in [0.2, 0.25) is 0 Å². The fourth-order valence-corrected chi connectivity index (χ4v) is 2.57. The molecule has 24 heavy (non-hydrogen) atoms. The zero-order valence-electron chi connectivity index (χ0n) is 13.6. The largest absolute Gasteiger partial charge is 0.300 e. The number of hydrogen-bond acceptors (Lipinski definition) is 2. The summed E-state index contributed by atoms with van der Waals surface area (Å²) in [7, 11) is 0. The van der Waals surface area contributed by atoms with Crippen LogP contribution in [0.4, 0.5) is 0 Å². The minimum atomic E-state index is 0. The van der Waals surface area contributed by atoms with Gasteiger partial charge in [0.15, 0.2) is 0 Å². The Balaban J connectivity index is -0.000000143. The number of hydrogen-bond donors (Lipinski definition) is 0. The van der Waals surface area contributed by atoms with Gasteiger partial charge in [-0.15, -0.1) is 0 Å². The molecule has 1 aliphatic rings. The average Bonchev–Trinajstić information content (AvgIpc) is 2.40. The van der Waals surface area contributed by atoms with Crippen LogP contribution in [0.15, 0.2) is 28.7 Å². The second-order valence-electron chi connectivity index (χ2n) is 5.88. The van der Waals surface area contributed by atoms with E-state index >= 15 is 0 Å². The van der Waals surface area contributed by atoms with E-state index in [2.05, 4.69) is 66.7 Å². The van der Waals surface area contributed by atoms with E-state index in [0.29, 0.717) is 17.7 Å². The summed E-state index contributed by atoms with van der Waals surface area (Å²) in [6, 6.07) is 9.03. The smallest absolute Gasteiger partial charge is 0.135 e. The number of halogens is 1. The zero-order valence-corrected chi connectivity index (χ0v) is 18.0. The van der Waals surface area contributed by atoms with Gasteiger partial charge in [-0.2, -0.15) is 0 Å². The van der Waals surface area contributed by atoms with Crippen LogP contribution >= 0.6 is 15.9 Å². The molecule has 2 nitrogen and oxygen atoms in total. The number of carbonyl (C=O) groups excluding carboxylic acids is 1. The first-order valence-corrected chi connectivity index (χ1v) is 8.20. The van der Waals surface area contributed by atoms with Crippen LogP contribution in [0.5, 0.6) is 0 Å². The maximum Gasteiger partial charge on any atom is 0.135 e. The third-order valence-electron chi connectivity index (χ3n) is 3.60. The second-order valence-corrected chi connectivity index (χ2v) is 6.79. The number of benzene rings is 1. The summed E-state index contributed by atoms with van der Waals surface area (Å²) in [6.07, 6.45) is 1.52. The Kier molecular flexibility index (Phi) is 22.6. The normalized spacial score (nSPS) is 13.5. The Morgan fingerprint density at radius 3 is 1.83 bits per heavy atom. The van der Waals surface area contributed by atoms with Gasteiger partial charge < -0.3 is 4.90 Å². The summed E-state index contributed by atoms with van der Waals surface area (Å²) in [5.74, 6) is 1.05. The molecule has 0 bridgehead atoms. The molecule has 0 aliphatic carbocycles. The van der Waals surface area contributed by atoms with E-state index < -0.39 is 0 Å². The number of rotatable bonds is 2. The van der Waals surface area contributed by atoms with Crippen molar-refractivity contribution in [1.29, 1.82) is 0 Å². The summed E-state index contributed by atoms with van der Waals surface area (Å²) in [5, 5.41) is 0. The van der Waals surface area contributed by atoms with Gasteiger partial charge in [0.05, 0.1) is 0 Å². The van der Waals surface area contributed by atoms with E-state index in [9.17, 15) is 4.79 Å². The van der Waals surface area contributed by atoms with Crippen LogP contribution in [0.3, 0.4) is 0 Å². The number of carbonyl (C=O) groups is 1. The molecule has 0 N–H and O–H groups in total. The van der Waals surface area contributed by atoms with Gasteiger partial charge in [-0.05, 0) is 37.5 Å². The molecule has 0 amide bonds. The van der Waals surface area contributed by atoms with Gasteiger partial charge in [0.25, 0.3) is 0 Å². The van der Waals surface area contributed by atoms with Crippen molar-refractivity contribution in [3.63, 3.8) is 0 Å². The third-order valence-corrected chi connectivity index (χ3v) is 4.09. The summed E-state index contributed by atoms with van der Waals surface area (Å²) >= 11 is 3.43. The first-order chi connectivity index (χ1) is 9.40. The maximum atomic E-state index is 10.8. The zero-order chi connectivity index (χ0) is 15.1. The molecule has 1 aromatic rings. The monoisotopic (exact) mass is 476 g/mol. The molecule has 0 spiro atoms. The van der Waals surface area contributed by atoms with E-state index in [1.807, 2.05) is 6.07 Å². The quantitative estimate of drug-likeness (QED) is 0.482. The topological polar surface area (TPSA) is 20.3 Å². The maximum absolute atomic E-state index is 10.8. The van der Waals surface area contributed by atoms with Crippen molar-refractivity contribution in [2.24, 2.45) is 0 Å². The van der Waals surface area contributed by atoms with Crippen molar-refractivity contribution in [3.8, 4) is 0 Å². The molecule has 0 atom stereocenters. The molecule has 1 saturated heterocycles. The molecular weight excluding hydrogens is 439 g/mol. The van der Waals surface area contributed by atoms with Crippen molar-refractivity contribution in [1.82, 2.24) is 4.90 Å². The molecular formula is C20H38BrNOY. The minimum Gasteiger partial charge on any atom is -0.300 e. The van der Waals surface area contributed by atoms with E-state index in [1.165, 1.54) is 10.0 Å². The molecule has 1 fully saturated rings. The Morgan fingerprint density at radius 1 is 1.00 bits per heavy atom. The Bertz CT molecular complexity index is 425. The molecule has 1 aliphatic heterocycles. The summed E-state index contributed by atoms with van der Waals surface area (Å²) in [6.45, 7) is 10.7. The fraction of sp³-hybridized carbons (Fsp3) is 0.650. The van der Waals surface area contributed by atoms with E-state index in [0.717, 1.165) is 25.9 Å². The van der Waals surface area contributed by atoms with Crippen molar-refractivity contribution in [3.05, 3.63) is 34.3 Å². The van der Waals surface area contributed by atoms with Gasteiger partial charge >= 0.3 is 0 Å². The molecule has 0 unspecified atom stereocenters. The molecule has 1 aromatic carbocycles. The van der Waals surface area contributed by atoms with Crippen molar-refractivity contribution < 1.29 is 37.5 Å². The molecule has 4 heteroatoms. The summed E-state index contributed by atoms with van der Waals surface area (Å²) < 4.78 is 1.17. The first-order valence-electron chi connectivity index (χ1n) is 7.41. The SMILES string of the molecule is C.C.C.CC(C)N1CCC(=O)CC1.CC(C)c1cccc(Br)c1.[Y]. The number of piperidine rings is 1.